The Labute approximate surface area is 123 Å². The molecule has 20 heavy (non-hydrogen) atoms. The van der Waals surface area contributed by atoms with Gasteiger partial charge in [0, 0.05) is 11.1 Å². The van der Waals surface area contributed by atoms with E-state index in [1.165, 1.54) is 0 Å². The number of benzene rings is 1. The van der Waals surface area contributed by atoms with Crippen LogP contribution in [0.3, 0.4) is 0 Å². The molecule has 1 aromatic carbocycles. The number of hydrogen-bond donors (Lipinski definition) is 1. The summed E-state index contributed by atoms with van der Waals surface area (Å²) >= 11 is 1.60. The highest BCUT2D eigenvalue weighted by Gasteiger charge is 2.25. The predicted octanol–water partition coefficient (Wildman–Crippen LogP) is 2.89. The molecule has 0 radical (unpaired) electrons. The number of nitrogens with two attached hydrogens (primary N) is 1. The van der Waals surface area contributed by atoms with Gasteiger partial charge in [0.1, 0.15) is 5.01 Å². The van der Waals surface area contributed by atoms with Gasteiger partial charge in [-0.1, -0.05) is 6.07 Å². The first kappa shape index (κ1) is 14.8. The minimum absolute atomic E-state index is 0.488. The SMILES string of the molecule is COc1ccc(CC(C)(N)c2nc(C)cs2)cc1OC. The molecular formula is C15H20N2O2S. The molecule has 2 aromatic rings. The predicted molar refractivity (Wildman–Crippen MR) is 81.6 cm³/mol. The summed E-state index contributed by atoms with van der Waals surface area (Å²) in [5.74, 6) is 1.44. The molecule has 0 aliphatic carbocycles. The smallest absolute Gasteiger partial charge is 0.160 e. The van der Waals surface area contributed by atoms with Crippen molar-refractivity contribution in [2.24, 2.45) is 5.73 Å². The van der Waals surface area contributed by atoms with Gasteiger partial charge in [-0.2, -0.15) is 0 Å². The fourth-order valence-corrected chi connectivity index (χ4v) is 2.98. The molecule has 2 N–H and O–H groups in total. The van der Waals surface area contributed by atoms with Gasteiger partial charge in [0.2, 0.25) is 0 Å². The first-order valence-electron chi connectivity index (χ1n) is 6.38. The van der Waals surface area contributed by atoms with Crippen LogP contribution in [0.4, 0.5) is 0 Å². The maximum atomic E-state index is 6.42. The molecule has 0 saturated carbocycles. The summed E-state index contributed by atoms with van der Waals surface area (Å²) in [6, 6.07) is 5.87. The zero-order chi connectivity index (χ0) is 14.8. The van der Waals surface area contributed by atoms with Crippen LogP contribution < -0.4 is 15.2 Å². The van der Waals surface area contributed by atoms with Crippen LogP contribution in [0.15, 0.2) is 23.6 Å². The first-order valence-corrected chi connectivity index (χ1v) is 7.26. The molecule has 0 spiro atoms. The molecule has 0 saturated heterocycles. The number of nitrogens with zero attached hydrogens (tertiary/aromatic N) is 1. The van der Waals surface area contributed by atoms with Crippen molar-refractivity contribution in [3.8, 4) is 11.5 Å². The standard InChI is InChI=1S/C15H20N2O2S/c1-10-9-20-14(17-10)15(2,16)8-11-5-6-12(18-3)13(7-11)19-4/h5-7,9H,8,16H2,1-4H3. The largest absolute Gasteiger partial charge is 0.493 e. The van der Waals surface area contributed by atoms with Gasteiger partial charge < -0.3 is 15.2 Å². The summed E-state index contributed by atoms with van der Waals surface area (Å²) in [6.45, 7) is 3.98. The first-order chi connectivity index (χ1) is 9.46. The van der Waals surface area contributed by atoms with Crippen LogP contribution in [-0.2, 0) is 12.0 Å². The lowest BCUT2D eigenvalue weighted by Gasteiger charge is -2.22. The summed E-state index contributed by atoms with van der Waals surface area (Å²) in [5, 5.41) is 2.97. The van der Waals surface area contributed by atoms with Gasteiger partial charge in [0.25, 0.3) is 0 Å². The van der Waals surface area contributed by atoms with Gasteiger partial charge in [-0.05, 0) is 38.0 Å². The topological polar surface area (TPSA) is 57.4 Å². The number of thiazole rings is 1. The van der Waals surface area contributed by atoms with Crippen molar-refractivity contribution in [1.82, 2.24) is 4.98 Å². The highest BCUT2D eigenvalue weighted by molar-refractivity contribution is 7.09. The minimum atomic E-state index is -0.488. The second-order valence-electron chi connectivity index (χ2n) is 5.08. The molecule has 1 heterocycles. The van der Waals surface area contributed by atoms with Crippen molar-refractivity contribution in [3.63, 3.8) is 0 Å². The molecule has 108 valence electrons. The third kappa shape index (κ3) is 3.11. The number of aromatic nitrogens is 1. The van der Waals surface area contributed by atoms with Crippen LogP contribution in [0, 0.1) is 6.92 Å². The lowest BCUT2D eigenvalue weighted by molar-refractivity contribution is 0.354. The molecule has 2 rings (SSSR count). The molecule has 1 aromatic heterocycles. The summed E-state index contributed by atoms with van der Waals surface area (Å²) in [6.07, 6.45) is 0.695. The van der Waals surface area contributed by atoms with Crippen molar-refractivity contribution < 1.29 is 9.47 Å². The molecule has 1 atom stereocenters. The maximum Gasteiger partial charge on any atom is 0.160 e. The van der Waals surface area contributed by atoms with Gasteiger partial charge in [-0.25, -0.2) is 4.98 Å². The molecule has 0 fully saturated rings. The van der Waals surface area contributed by atoms with E-state index >= 15 is 0 Å². The van der Waals surface area contributed by atoms with E-state index in [1.807, 2.05) is 37.4 Å². The van der Waals surface area contributed by atoms with Crippen molar-refractivity contribution >= 4 is 11.3 Å². The van der Waals surface area contributed by atoms with Crippen molar-refractivity contribution in [2.45, 2.75) is 25.8 Å². The number of hydrogen-bond acceptors (Lipinski definition) is 5. The van der Waals surface area contributed by atoms with Gasteiger partial charge in [-0.3, -0.25) is 0 Å². The Balaban J connectivity index is 2.25. The third-order valence-corrected chi connectivity index (χ3v) is 4.37. The van der Waals surface area contributed by atoms with Gasteiger partial charge in [-0.15, -0.1) is 11.3 Å². The lowest BCUT2D eigenvalue weighted by Crippen LogP contribution is -2.35. The van der Waals surface area contributed by atoms with Gasteiger partial charge in [0.15, 0.2) is 11.5 Å². The second kappa shape index (κ2) is 5.81. The molecule has 1 unspecified atom stereocenters. The van der Waals surface area contributed by atoms with E-state index in [4.69, 9.17) is 15.2 Å². The Morgan fingerprint density at radius 2 is 1.95 bits per heavy atom. The van der Waals surface area contributed by atoms with E-state index in [2.05, 4.69) is 4.98 Å². The van der Waals surface area contributed by atoms with Crippen LogP contribution in [0.2, 0.25) is 0 Å². The molecule has 0 aliphatic rings. The Morgan fingerprint density at radius 1 is 1.25 bits per heavy atom. The van der Waals surface area contributed by atoms with Gasteiger partial charge in [0.05, 0.1) is 19.8 Å². The van der Waals surface area contributed by atoms with E-state index in [-0.39, 0.29) is 0 Å². The highest BCUT2D eigenvalue weighted by atomic mass is 32.1. The highest BCUT2D eigenvalue weighted by Crippen LogP contribution is 2.31. The Hall–Kier alpha value is -1.59. The second-order valence-corrected chi connectivity index (χ2v) is 5.94. The van der Waals surface area contributed by atoms with Crippen LogP contribution in [0.25, 0.3) is 0 Å². The van der Waals surface area contributed by atoms with E-state index in [0.29, 0.717) is 6.42 Å². The van der Waals surface area contributed by atoms with Crippen molar-refractivity contribution in [2.75, 3.05) is 14.2 Å². The summed E-state index contributed by atoms with van der Waals surface area (Å²) in [5.41, 5.74) is 8.04. The fraction of sp³-hybridized carbons (Fsp3) is 0.400. The maximum absolute atomic E-state index is 6.42. The van der Waals surface area contributed by atoms with E-state index in [1.54, 1.807) is 25.6 Å². The van der Waals surface area contributed by atoms with Crippen molar-refractivity contribution in [3.05, 3.63) is 39.8 Å². The summed E-state index contributed by atoms with van der Waals surface area (Å²) in [4.78, 5) is 4.49. The Morgan fingerprint density at radius 3 is 2.50 bits per heavy atom. The van der Waals surface area contributed by atoms with Gasteiger partial charge >= 0.3 is 0 Å². The molecule has 4 nitrogen and oxygen atoms in total. The van der Waals surface area contributed by atoms with Crippen LogP contribution in [0.5, 0.6) is 11.5 Å². The minimum Gasteiger partial charge on any atom is -0.493 e. The number of methoxy groups -OCH3 is 2. The number of rotatable bonds is 5. The monoisotopic (exact) mass is 292 g/mol. The molecule has 0 amide bonds. The van der Waals surface area contributed by atoms with E-state index < -0.39 is 5.54 Å². The average Bonchev–Trinajstić information content (AvgIpc) is 2.85. The van der Waals surface area contributed by atoms with E-state index in [0.717, 1.165) is 27.8 Å². The van der Waals surface area contributed by atoms with Crippen molar-refractivity contribution in [1.29, 1.82) is 0 Å². The van der Waals surface area contributed by atoms with Crippen LogP contribution in [-0.4, -0.2) is 19.2 Å². The third-order valence-electron chi connectivity index (χ3n) is 3.13. The van der Waals surface area contributed by atoms with Crippen LogP contribution >= 0.6 is 11.3 Å². The fourth-order valence-electron chi connectivity index (χ4n) is 2.11. The summed E-state index contributed by atoms with van der Waals surface area (Å²) < 4.78 is 10.6. The lowest BCUT2D eigenvalue weighted by atomic mass is 9.94. The molecule has 0 aliphatic heterocycles. The Bertz CT molecular complexity index is 593. The normalized spacial score (nSPS) is 13.8. The van der Waals surface area contributed by atoms with E-state index in [9.17, 15) is 0 Å². The molecule has 0 bridgehead atoms. The zero-order valence-electron chi connectivity index (χ0n) is 12.3. The number of aryl methyl sites for hydroxylation is 1. The Kier molecular flexibility index (Phi) is 4.30. The quantitative estimate of drug-likeness (QED) is 0.920. The average molecular weight is 292 g/mol. The van der Waals surface area contributed by atoms with Crippen LogP contribution in [0.1, 0.15) is 23.2 Å². The molecule has 5 heteroatoms. The zero-order valence-corrected chi connectivity index (χ0v) is 13.1. The number of ether oxygens (including phenoxy) is 2. The summed E-state index contributed by atoms with van der Waals surface area (Å²) in [7, 11) is 3.26. The molecular weight excluding hydrogens is 272 g/mol.